The summed E-state index contributed by atoms with van der Waals surface area (Å²) in [5.41, 5.74) is 1.11. The quantitative estimate of drug-likeness (QED) is 0.265. The van der Waals surface area contributed by atoms with Gasteiger partial charge in [-0.15, -0.1) is 0 Å². The molecule has 4 aromatic rings. The van der Waals surface area contributed by atoms with Crippen LogP contribution < -0.4 is 32.9 Å². The van der Waals surface area contributed by atoms with Gasteiger partial charge in [-0.05, 0) is 48.9 Å². The molecule has 1 unspecified atom stereocenters. The van der Waals surface area contributed by atoms with Gasteiger partial charge in [-0.1, -0.05) is 84.9 Å². The third-order valence-electron chi connectivity index (χ3n) is 5.81. The Hall–Kier alpha value is -2.74. The Morgan fingerprint density at radius 2 is 1.03 bits per heavy atom. The summed E-state index contributed by atoms with van der Waals surface area (Å²) in [6.45, 7) is 2.25. The Morgan fingerprint density at radius 1 is 0.667 bits per heavy atom. The largest absolute Gasteiger partial charge is 1.00 e. The van der Waals surface area contributed by atoms with Crippen LogP contribution in [0.1, 0.15) is 24.6 Å². The molecule has 0 bridgehead atoms. The van der Waals surface area contributed by atoms with Crippen molar-refractivity contribution in [2.45, 2.75) is 19.0 Å². The molecule has 0 saturated carbocycles. The number of esters is 1. The van der Waals surface area contributed by atoms with Crippen LogP contribution in [0.25, 0.3) is 0 Å². The zero-order chi connectivity index (χ0) is 22.2. The van der Waals surface area contributed by atoms with E-state index in [0.29, 0.717) is 13.0 Å². The summed E-state index contributed by atoms with van der Waals surface area (Å²) in [5, 5.41) is 3.78. The van der Waals surface area contributed by atoms with Crippen molar-refractivity contribution in [3.63, 3.8) is 0 Å². The van der Waals surface area contributed by atoms with Crippen molar-refractivity contribution in [3.05, 3.63) is 127 Å². The van der Waals surface area contributed by atoms with Crippen LogP contribution in [0.5, 0.6) is 0 Å². The molecular weight excluding hydrogens is 491 g/mol. The number of hydrogen-bond donors (Lipinski definition) is 0. The minimum Gasteiger partial charge on any atom is -1.00 e. The summed E-state index contributed by atoms with van der Waals surface area (Å²) in [7, 11) is -2.26. The maximum Gasteiger partial charge on any atom is 0.310 e. The average molecular weight is 519 g/mol. The molecule has 0 radical (unpaired) electrons. The molecule has 33 heavy (non-hydrogen) atoms. The number of ether oxygens (including phenoxy) is 1. The molecule has 0 amide bonds. The Bertz CT molecular complexity index is 1020. The Balaban J connectivity index is 0.00000306. The molecule has 4 aromatic carbocycles. The van der Waals surface area contributed by atoms with E-state index >= 15 is 0 Å². The zero-order valence-electron chi connectivity index (χ0n) is 18.7. The van der Waals surface area contributed by atoms with Crippen molar-refractivity contribution in [3.8, 4) is 0 Å². The highest BCUT2D eigenvalue weighted by atomic mass is 79.9. The first-order chi connectivity index (χ1) is 15.8. The van der Waals surface area contributed by atoms with E-state index in [-0.39, 0.29) is 28.6 Å². The molecule has 0 aliphatic rings. The summed E-state index contributed by atoms with van der Waals surface area (Å²) in [4.78, 5) is 13.0. The molecule has 2 nitrogen and oxygen atoms in total. The second kappa shape index (κ2) is 11.9. The van der Waals surface area contributed by atoms with E-state index in [0.717, 1.165) is 5.56 Å². The fraction of sp³-hybridized carbons (Fsp3) is 0.138. The SMILES string of the molecule is CCOC(=O)CC(c1ccccc1)[P+](c1ccccc1)(c1ccccc1)c1ccccc1.[Br-]. The first-order valence-corrected chi connectivity index (χ1v) is 12.9. The van der Waals surface area contributed by atoms with Gasteiger partial charge in [0.15, 0.2) is 0 Å². The van der Waals surface area contributed by atoms with E-state index in [2.05, 4.69) is 115 Å². The molecular formula is C29H28BrO2P. The van der Waals surface area contributed by atoms with Crippen LogP contribution in [0.3, 0.4) is 0 Å². The third-order valence-corrected chi connectivity index (χ3v) is 10.6. The van der Waals surface area contributed by atoms with Crippen molar-refractivity contribution in [2.75, 3.05) is 6.61 Å². The van der Waals surface area contributed by atoms with E-state index in [1.54, 1.807) is 0 Å². The maximum absolute atomic E-state index is 13.0. The lowest BCUT2D eigenvalue weighted by Gasteiger charge is -2.34. The highest BCUT2D eigenvalue weighted by Crippen LogP contribution is 2.67. The molecule has 0 spiro atoms. The van der Waals surface area contributed by atoms with Gasteiger partial charge < -0.3 is 21.7 Å². The van der Waals surface area contributed by atoms with Crippen molar-refractivity contribution in [1.29, 1.82) is 0 Å². The van der Waals surface area contributed by atoms with E-state index < -0.39 is 7.26 Å². The standard InChI is InChI=1S/C29H28O2P.BrH/c1-2-31-29(30)23-28(24-15-7-3-8-16-24)32(25-17-9-4-10-18-25,26-19-11-5-12-20-26)27-21-13-6-14-22-27;/h3-22,28H,2,23H2,1H3;1H/q+1;/p-1. The zero-order valence-corrected chi connectivity index (χ0v) is 21.2. The van der Waals surface area contributed by atoms with Crippen LogP contribution in [0.4, 0.5) is 0 Å². The van der Waals surface area contributed by atoms with Crippen LogP contribution in [0.2, 0.25) is 0 Å². The second-order valence-electron chi connectivity index (χ2n) is 7.66. The van der Waals surface area contributed by atoms with Crippen LogP contribution in [0.15, 0.2) is 121 Å². The topological polar surface area (TPSA) is 26.3 Å². The van der Waals surface area contributed by atoms with Crippen molar-refractivity contribution < 1.29 is 26.5 Å². The Kier molecular flexibility index (Phi) is 9.00. The molecule has 0 N–H and O–H groups in total. The molecule has 1 atom stereocenters. The molecule has 0 aromatic heterocycles. The van der Waals surface area contributed by atoms with Gasteiger partial charge in [0, 0.05) is 0 Å². The smallest absolute Gasteiger partial charge is 0.310 e. The van der Waals surface area contributed by atoms with Gasteiger partial charge >= 0.3 is 5.97 Å². The maximum atomic E-state index is 13.0. The highest BCUT2D eigenvalue weighted by molar-refractivity contribution is 7.96. The van der Waals surface area contributed by atoms with Gasteiger partial charge in [0.1, 0.15) is 28.8 Å². The molecule has 4 heteroatoms. The van der Waals surface area contributed by atoms with Gasteiger partial charge in [-0.3, -0.25) is 4.79 Å². The minimum absolute atomic E-state index is 0. The molecule has 168 valence electrons. The number of rotatable bonds is 8. The summed E-state index contributed by atoms with van der Waals surface area (Å²) in [6.07, 6.45) is 0.324. The van der Waals surface area contributed by atoms with Crippen molar-refractivity contribution in [2.24, 2.45) is 0 Å². The minimum atomic E-state index is -2.26. The van der Waals surface area contributed by atoms with E-state index in [9.17, 15) is 4.79 Å². The summed E-state index contributed by atoms with van der Waals surface area (Å²) in [6, 6.07) is 42.5. The summed E-state index contributed by atoms with van der Waals surface area (Å²) >= 11 is 0. The summed E-state index contributed by atoms with van der Waals surface area (Å²) < 4.78 is 5.48. The normalized spacial score (nSPS) is 11.8. The van der Waals surface area contributed by atoms with Gasteiger partial charge in [0.2, 0.25) is 0 Å². The number of halogens is 1. The van der Waals surface area contributed by atoms with Gasteiger partial charge in [-0.2, -0.15) is 0 Å². The van der Waals surface area contributed by atoms with Crippen LogP contribution in [-0.2, 0) is 9.53 Å². The van der Waals surface area contributed by atoms with Gasteiger partial charge in [0.25, 0.3) is 0 Å². The molecule has 4 rings (SSSR count). The second-order valence-corrected chi connectivity index (χ2v) is 11.3. The fourth-order valence-corrected chi connectivity index (χ4v) is 9.45. The predicted octanol–water partition coefficient (Wildman–Crippen LogP) is 2.68. The molecule has 0 fully saturated rings. The number of hydrogen-bond acceptors (Lipinski definition) is 2. The highest BCUT2D eigenvalue weighted by Gasteiger charge is 2.53. The predicted molar refractivity (Wildman–Crippen MR) is 136 cm³/mol. The van der Waals surface area contributed by atoms with Gasteiger partial charge in [-0.25, -0.2) is 0 Å². The molecule has 0 aliphatic carbocycles. The fourth-order valence-electron chi connectivity index (χ4n) is 4.51. The summed E-state index contributed by atoms with van der Waals surface area (Å²) in [5.74, 6) is -0.159. The van der Waals surface area contributed by atoms with Crippen LogP contribution in [0, 0.1) is 0 Å². The van der Waals surface area contributed by atoms with Crippen molar-refractivity contribution >= 4 is 29.1 Å². The Labute approximate surface area is 207 Å². The van der Waals surface area contributed by atoms with E-state index in [1.807, 2.05) is 13.0 Å². The first-order valence-electron chi connectivity index (χ1n) is 11.0. The molecule has 0 saturated heterocycles. The van der Waals surface area contributed by atoms with E-state index in [4.69, 9.17) is 4.74 Å². The lowest BCUT2D eigenvalue weighted by Crippen LogP contribution is -3.00. The average Bonchev–Trinajstić information content (AvgIpc) is 2.86. The van der Waals surface area contributed by atoms with Crippen LogP contribution in [-0.4, -0.2) is 12.6 Å². The number of benzene rings is 4. The van der Waals surface area contributed by atoms with Crippen LogP contribution >= 0.6 is 7.26 Å². The lowest BCUT2D eigenvalue weighted by molar-refractivity contribution is -0.143. The van der Waals surface area contributed by atoms with Crippen molar-refractivity contribution in [1.82, 2.24) is 0 Å². The monoisotopic (exact) mass is 518 g/mol. The third kappa shape index (κ3) is 5.27. The first kappa shape index (κ1) is 24.9. The Morgan fingerprint density at radius 3 is 1.39 bits per heavy atom. The molecule has 0 aliphatic heterocycles. The number of carbonyl (C=O) groups excluding carboxylic acids is 1. The number of carbonyl (C=O) groups is 1. The molecule has 0 heterocycles. The lowest BCUT2D eigenvalue weighted by atomic mass is 10.1. The van der Waals surface area contributed by atoms with E-state index in [1.165, 1.54) is 15.9 Å². The van der Waals surface area contributed by atoms with Gasteiger partial charge in [0.05, 0.1) is 13.0 Å².